The number of anilines is 1. The van der Waals surface area contributed by atoms with E-state index in [0.717, 1.165) is 0 Å². The number of methoxy groups -OCH3 is 2. The van der Waals surface area contributed by atoms with Gasteiger partial charge in [-0.2, -0.15) is 13.2 Å². The number of nitrogens with one attached hydrogen (secondary N) is 1. The molecule has 30 heavy (non-hydrogen) atoms. The lowest BCUT2D eigenvalue weighted by atomic mass is 10.00. The molecule has 7 nitrogen and oxygen atoms in total. The van der Waals surface area contributed by atoms with Crippen molar-refractivity contribution in [3.05, 3.63) is 42.1 Å². The van der Waals surface area contributed by atoms with Gasteiger partial charge in [0.1, 0.15) is 17.0 Å². The molecule has 0 aliphatic carbocycles. The van der Waals surface area contributed by atoms with E-state index in [4.69, 9.17) is 15.2 Å². The highest BCUT2D eigenvalue weighted by Crippen LogP contribution is 2.37. The number of fused-ring (bicyclic) bond motifs is 1. The first-order valence-corrected chi connectivity index (χ1v) is 8.87. The van der Waals surface area contributed by atoms with E-state index in [1.54, 1.807) is 36.4 Å². The molecule has 10 heteroatoms. The summed E-state index contributed by atoms with van der Waals surface area (Å²) < 4.78 is 47.6. The molecule has 0 atom stereocenters. The van der Waals surface area contributed by atoms with Crippen molar-refractivity contribution in [2.45, 2.75) is 12.6 Å². The third-order valence-electron chi connectivity index (χ3n) is 4.44. The number of ether oxygens (including phenoxy) is 2. The van der Waals surface area contributed by atoms with E-state index in [2.05, 4.69) is 15.5 Å². The maximum atomic E-state index is 12.3. The Bertz CT molecular complexity index is 1090. The van der Waals surface area contributed by atoms with Crippen molar-refractivity contribution in [2.24, 2.45) is 0 Å². The maximum Gasteiger partial charge on any atom is 0.390 e. The average Bonchev–Trinajstić information content (AvgIpc) is 2.72. The predicted octanol–water partition coefficient (Wildman–Crippen LogP) is 3.58. The van der Waals surface area contributed by atoms with Crippen molar-refractivity contribution in [1.82, 2.24) is 15.5 Å². The highest BCUT2D eigenvalue weighted by atomic mass is 19.4. The molecule has 0 bridgehead atoms. The minimum Gasteiger partial charge on any atom is -0.497 e. The van der Waals surface area contributed by atoms with E-state index in [1.165, 1.54) is 14.2 Å². The minimum atomic E-state index is -4.38. The first-order valence-electron chi connectivity index (χ1n) is 8.87. The number of amides is 1. The van der Waals surface area contributed by atoms with Crippen LogP contribution in [-0.4, -0.2) is 43.0 Å². The Hall–Kier alpha value is -3.56. The zero-order chi connectivity index (χ0) is 21.9. The highest BCUT2D eigenvalue weighted by molar-refractivity contribution is 6.07. The molecule has 3 aromatic rings. The Balaban J connectivity index is 2.02. The maximum absolute atomic E-state index is 12.3. The van der Waals surface area contributed by atoms with Crippen LogP contribution < -0.4 is 20.5 Å². The summed E-state index contributed by atoms with van der Waals surface area (Å²) in [7, 11) is 3.07. The zero-order valence-corrected chi connectivity index (χ0v) is 16.2. The molecule has 0 fully saturated rings. The number of nitrogen functional groups attached to an aromatic ring is 1. The van der Waals surface area contributed by atoms with Crippen molar-refractivity contribution in [1.29, 1.82) is 0 Å². The highest BCUT2D eigenvalue weighted by Gasteiger charge is 2.27. The molecule has 0 aliphatic heterocycles. The number of carbonyl (C=O) groups is 1. The number of nitrogens with zero attached hydrogens (tertiary/aromatic N) is 2. The summed E-state index contributed by atoms with van der Waals surface area (Å²) in [5.74, 6) is 0.345. The Morgan fingerprint density at radius 2 is 1.87 bits per heavy atom. The number of rotatable bonds is 6. The van der Waals surface area contributed by atoms with Gasteiger partial charge in [-0.05, 0) is 18.2 Å². The molecule has 0 radical (unpaired) electrons. The smallest absolute Gasteiger partial charge is 0.390 e. The van der Waals surface area contributed by atoms with Crippen LogP contribution in [0.2, 0.25) is 0 Å². The van der Waals surface area contributed by atoms with E-state index in [9.17, 15) is 18.0 Å². The van der Waals surface area contributed by atoms with Gasteiger partial charge in [-0.15, -0.1) is 10.2 Å². The number of hydrogen-bond acceptors (Lipinski definition) is 6. The summed E-state index contributed by atoms with van der Waals surface area (Å²) in [6.45, 7) is -0.581. The van der Waals surface area contributed by atoms with E-state index in [1.807, 2.05) is 0 Å². The van der Waals surface area contributed by atoms with Crippen LogP contribution in [0.25, 0.3) is 22.0 Å². The van der Waals surface area contributed by atoms with Crippen molar-refractivity contribution < 1.29 is 27.4 Å². The van der Waals surface area contributed by atoms with Crippen LogP contribution in [0.3, 0.4) is 0 Å². The molecule has 2 aromatic carbocycles. The third kappa shape index (κ3) is 4.37. The Labute approximate surface area is 170 Å². The molecule has 0 saturated heterocycles. The molecular weight excluding hydrogens is 401 g/mol. The number of benzene rings is 2. The summed E-state index contributed by atoms with van der Waals surface area (Å²) in [4.78, 5) is 12.2. The molecule has 3 N–H and O–H groups in total. The van der Waals surface area contributed by atoms with Gasteiger partial charge >= 0.3 is 6.18 Å². The SMILES string of the molecule is COc1ccc(OC)c(-c2cccc3c(N)c(C(=O)NCCC(F)(F)F)nnc23)c1. The molecule has 0 saturated carbocycles. The third-order valence-corrected chi connectivity index (χ3v) is 4.44. The van der Waals surface area contributed by atoms with Gasteiger partial charge in [0.05, 0.1) is 26.3 Å². The number of hydrogen-bond donors (Lipinski definition) is 2. The van der Waals surface area contributed by atoms with Crippen molar-refractivity contribution in [2.75, 3.05) is 26.5 Å². The van der Waals surface area contributed by atoms with Crippen LogP contribution in [-0.2, 0) is 0 Å². The van der Waals surface area contributed by atoms with E-state index < -0.39 is 25.0 Å². The second-order valence-corrected chi connectivity index (χ2v) is 6.35. The first kappa shape index (κ1) is 21.2. The molecule has 1 amide bonds. The van der Waals surface area contributed by atoms with Gasteiger partial charge in [0.2, 0.25) is 0 Å². The molecule has 0 aliphatic rings. The lowest BCUT2D eigenvalue weighted by Gasteiger charge is -2.14. The summed E-state index contributed by atoms with van der Waals surface area (Å²) >= 11 is 0. The van der Waals surface area contributed by atoms with Gasteiger partial charge in [-0.3, -0.25) is 4.79 Å². The summed E-state index contributed by atoms with van der Waals surface area (Å²) in [5.41, 5.74) is 7.63. The first-order chi connectivity index (χ1) is 14.2. The summed E-state index contributed by atoms with van der Waals surface area (Å²) in [6, 6.07) is 10.4. The number of alkyl halides is 3. The van der Waals surface area contributed by atoms with Crippen molar-refractivity contribution in [3.8, 4) is 22.6 Å². The van der Waals surface area contributed by atoms with Crippen LogP contribution in [0.5, 0.6) is 11.5 Å². The van der Waals surface area contributed by atoms with Gasteiger partial charge in [0.25, 0.3) is 5.91 Å². The van der Waals surface area contributed by atoms with Crippen molar-refractivity contribution in [3.63, 3.8) is 0 Å². The molecular formula is C20H19F3N4O3. The Morgan fingerprint density at radius 3 is 2.53 bits per heavy atom. The topological polar surface area (TPSA) is 99.4 Å². The Morgan fingerprint density at radius 1 is 1.10 bits per heavy atom. The van der Waals surface area contributed by atoms with Crippen LogP contribution in [0.4, 0.5) is 18.9 Å². The standard InChI is InChI=1S/C20H19F3N4O3/c1-29-11-6-7-15(30-2)14(10-11)12-4-3-5-13-16(24)18(27-26-17(12)13)19(28)25-9-8-20(21,22)23/h3-7,10H,8-9H2,1-2H3,(H2,24,26)(H,25,28). The normalized spacial score (nSPS) is 11.4. The molecule has 1 heterocycles. The monoisotopic (exact) mass is 420 g/mol. The fraction of sp³-hybridized carbons (Fsp3) is 0.250. The second kappa shape index (κ2) is 8.44. The van der Waals surface area contributed by atoms with Gasteiger partial charge in [0, 0.05) is 23.1 Å². The van der Waals surface area contributed by atoms with Gasteiger partial charge in [-0.1, -0.05) is 18.2 Å². The predicted molar refractivity (Wildman–Crippen MR) is 105 cm³/mol. The van der Waals surface area contributed by atoms with Crippen LogP contribution in [0.15, 0.2) is 36.4 Å². The molecule has 1 aromatic heterocycles. The molecule has 0 unspecified atom stereocenters. The van der Waals surface area contributed by atoms with E-state index >= 15 is 0 Å². The lowest BCUT2D eigenvalue weighted by molar-refractivity contribution is -0.132. The molecule has 158 valence electrons. The second-order valence-electron chi connectivity index (χ2n) is 6.35. The molecule has 3 rings (SSSR count). The quantitative estimate of drug-likeness (QED) is 0.633. The number of carbonyl (C=O) groups excluding carboxylic acids is 1. The largest absolute Gasteiger partial charge is 0.497 e. The Kier molecular flexibility index (Phi) is 5.95. The van der Waals surface area contributed by atoms with Gasteiger partial charge < -0.3 is 20.5 Å². The number of halogens is 3. The van der Waals surface area contributed by atoms with E-state index in [-0.39, 0.29) is 11.4 Å². The minimum absolute atomic E-state index is 0.0215. The summed E-state index contributed by atoms with van der Waals surface area (Å²) in [5, 5.41) is 10.6. The van der Waals surface area contributed by atoms with Crippen molar-refractivity contribution >= 4 is 22.5 Å². The lowest BCUT2D eigenvalue weighted by Crippen LogP contribution is -2.29. The van der Waals surface area contributed by atoms with Gasteiger partial charge in [-0.25, -0.2) is 0 Å². The van der Waals surface area contributed by atoms with Crippen LogP contribution in [0.1, 0.15) is 16.9 Å². The fourth-order valence-corrected chi connectivity index (χ4v) is 2.96. The number of nitrogens with two attached hydrogens (primary N) is 1. The molecule has 0 spiro atoms. The van der Waals surface area contributed by atoms with Crippen LogP contribution in [0, 0.1) is 0 Å². The van der Waals surface area contributed by atoms with E-state index in [0.29, 0.717) is 33.5 Å². The fourth-order valence-electron chi connectivity index (χ4n) is 2.96. The van der Waals surface area contributed by atoms with Crippen LogP contribution >= 0.6 is 0 Å². The average molecular weight is 420 g/mol. The summed E-state index contributed by atoms with van der Waals surface area (Å²) in [6.07, 6.45) is -5.53. The number of aromatic nitrogens is 2. The zero-order valence-electron chi connectivity index (χ0n) is 16.2. The van der Waals surface area contributed by atoms with Gasteiger partial charge in [0.15, 0.2) is 5.69 Å².